The molecule has 0 atom stereocenters. The van der Waals surface area contributed by atoms with Gasteiger partial charge in [0.2, 0.25) is 0 Å². The second-order valence-corrected chi connectivity index (χ2v) is 8.33. The van der Waals surface area contributed by atoms with Crippen LogP contribution in [0.15, 0.2) is 36.4 Å². The number of hydrogen-bond donors (Lipinski definition) is 2. The summed E-state index contributed by atoms with van der Waals surface area (Å²) in [5.74, 6) is -0.00471. The summed E-state index contributed by atoms with van der Waals surface area (Å²) in [5, 5.41) is 5.61. The zero-order chi connectivity index (χ0) is 24.0. The number of carbonyl (C=O) groups excluding carboxylic acids is 3. The van der Waals surface area contributed by atoms with Crippen molar-refractivity contribution in [3.8, 4) is 11.5 Å². The van der Waals surface area contributed by atoms with E-state index in [0.717, 1.165) is 31.5 Å². The third kappa shape index (κ3) is 6.03. The SMILES string of the molecule is COc1cc(C(=O)Nc2cccc(C)c2C(=O)N2CCCC2)ccc1OCC(=O)NC(C)C. The first-order chi connectivity index (χ1) is 15.8. The number of amides is 3. The summed E-state index contributed by atoms with van der Waals surface area (Å²) in [4.78, 5) is 39.7. The maximum absolute atomic E-state index is 13.1. The lowest BCUT2D eigenvalue weighted by molar-refractivity contribution is -0.123. The summed E-state index contributed by atoms with van der Waals surface area (Å²) in [6, 6.07) is 10.1. The highest BCUT2D eigenvalue weighted by Gasteiger charge is 2.24. The molecule has 3 amide bonds. The molecule has 8 heteroatoms. The van der Waals surface area contributed by atoms with E-state index in [1.54, 1.807) is 24.3 Å². The summed E-state index contributed by atoms with van der Waals surface area (Å²) >= 11 is 0. The van der Waals surface area contributed by atoms with E-state index in [1.165, 1.54) is 7.11 Å². The van der Waals surface area contributed by atoms with Gasteiger partial charge in [0.05, 0.1) is 18.4 Å². The van der Waals surface area contributed by atoms with Crippen LogP contribution in [0.3, 0.4) is 0 Å². The first kappa shape index (κ1) is 24.1. The second-order valence-electron chi connectivity index (χ2n) is 8.33. The molecule has 1 heterocycles. The van der Waals surface area contributed by atoms with E-state index in [4.69, 9.17) is 9.47 Å². The molecule has 1 aliphatic heterocycles. The van der Waals surface area contributed by atoms with Crippen molar-refractivity contribution in [1.82, 2.24) is 10.2 Å². The fraction of sp³-hybridized carbons (Fsp3) is 0.400. The Morgan fingerprint density at radius 1 is 1.06 bits per heavy atom. The van der Waals surface area contributed by atoms with Crippen LogP contribution in [0.2, 0.25) is 0 Å². The summed E-state index contributed by atoms with van der Waals surface area (Å²) < 4.78 is 10.9. The predicted molar refractivity (Wildman–Crippen MR) is 126 cm³/mol. The van der Waals surface area contributed by atoms with Crippen LogP contribution in [-0.4, -0.2) is 55.5 Å². The number of rotatable bonds is 8. The topological polar surface area (TPSA) is 97.0 Å². The molecule has 3 rings (SSSR count). The molecule has 33 heavy (non-hydrogen) atoms. The third-order valence-corrected chi connectivity index (χ3v) is 5.36. The Bertz CT molecular complexity index is 1030. The van der Waals surface area contributed by atoms with E-state index in [1.807, 2.05) is 37.8 Å². The van der Waals surface area contributed by atoms with Gasteiger partial charge in [0, 0.05) is 24.7 Å². The number of hydrogen-bond acceptors (Lipinski definition) is 5. The number of nitrogens with one attached hydrogen (secondary N) is 2. The minimum absolute atomic E-state index is 0.0120. The lowest BCUT2D eigenvalue weighted by Gasteiger charge is -2.20. The number of nitrogens with zero attached hydrogens (tertiary/aromatic N) is 1. The van der Waals surface area contributed by atoms with Gasteiger partial charge < -0.3 is 25.0 Å². The van der Waals surface area contributed by atoms with Gasteiger partial charge in [0.15, 0.2) is 18.1 Å². The number of carbonyl (C=O) groups is 3. The van der Waals surface area contributed by atoms with Gasteiger partial charge >= 0.3 is 0 Å². The van der Waals surface area contributed by atoms with Crippen LogP contribution < -0.4 is 20.1 Å². The lowest BCUT2D eigenvalue weighted by Crippen LogP contribution is -2.34. The fourth-order valence-corrected chi connectivity index (χ4v) is 3.76. The molecule has 0 bridgehead atoms. The minimum atomic E-state index is -0.376. The van der Waals surface area contributed by atoms with Crippen LogP contribution >= 0.6 is 0 Å². The molecule has 2 aromatic carbocycles. The monoisotopic (exact) mass is 453 g/mol. The largest absolute Gasteiger partial charge is 0.493 e. The van der Waals surface area contributed by atoms with Crippen molar-refractivity contribution in [1.29, 1.82) is 0 Å². The molecule has 0 unspecified atom stereocenters. The number of aryl methyl sites for hydroxylation is 1. The molecule has 2 aromatic rings. The summed E-state index contributed by atoms with van der Waals surface area (Å²) in [6.45, 7) is 6.90. The normalized spacial score (nSPS) is 13.1. The molecule has 176 valence electrons. The molecule has 1 saturated heterocycles. The number of ether oxygens (including phenoxy) is 2. The number of benzene rings is 2. The van der Waals surface area contributed by atoms with Gasteiger partial charge in [-0.2, -0.15) is 0 Å². The zero-order valence-electron chi connectivity index (χ0n) is 19.6. The average Bonchev–Trinajstić information content (AvgIpc) is 3.32. The molecule has 0 aromatic heterocycles. The van der Waals surface area contributed by atoms with E-state index in [9.17, 15) is 14.4 Å². The quantitative estimate of drug-likeness (QED) is 0.639. The van der Waals surface area contributed by atoms with Crippen LogP contribution in [0.1, 0.15) is 53.0 Å². The molecule has 0 saturated carbocycles. The standard InChI is InChI=1S/C25H31N3O5/c1-16(2)26-22(29)15-33-20-11-10-18(14-21(20)32-4)24(30)27-19-9-7-8-17(3)23(19)25(31)28-12-5-6-13-28/h7-11,14,16H,5-6,12-13,15H2,1-4H3,(H,26,29)(H,27,30). The van der Waals surface area contributed by atoms with Crippen molar-refractivity contribution in [3.05, 3.63) is 53.1 Å². The maximum Gasteiger partial charge on any atom is 0.258 e. The van der Waals surface area contributed by atoms with Gasteiger partial charge in [0.1, 0.15) is 0 Å². The van der Waals surface area contributed by atoms with E-state index in [-0.39, 0.29) is 30.4 Å². The molecule has 2 N–H and O–H groups in total. The molecular formula is C25H31N3O5. The third-order valence-electron chi connectivity index (χ3n) is 5.36. The Morgan fingerprint density at radius 2 is 1.79 bits per heavy atom. The lowest BCUT2D eigenvalue weighted by atomic mass is 10.0. The van der Waals surface area contributed by atoms with Gasteiger partial charge in [-0.05, 0) is 63.4 Å². The number of likely N-dealkylation sites (tertiary alicyclic amines) is 1. The number of methoxy groups -OCH3 is 1. The Labute approximate surface area is 194 Å². The summed E-state index contributed by atoms with van der Waals surface area (Å²) in [6.07, 6.45) is 1.99. The van der Waals surface area contributed by atoms with Gasteiger partial charge in [-0.1, -0.05) is 12.1 Å². The Hall–Kier alpha value is -3.55. The molecule has 0 radical (unpaired) electrons. The Balaban J connectivity index is 1.76. The predicted octanol–water partition coefficient (Wildman–Crippen LogP) is 3.40. The van der Waals surface area contributed by atoms with Gasteiger partial charge in [-0.15, -0.1) is 0 Å². The van der Waals surface area contributed by atoms with Gasteiger partial charge in [0.25, 0.3) is 17.7 Å². The molecule has 1 aliphatic rings. The highest BCUT2D eigenvalue weighted by molar-refractivity contribution is 6.09. The van der Waals surface area contributed by atoms with Crippen molar-refractivity contribution in [2.24, 2.45) is 0 Å². The van der Waals surface area contributed by atoms with E-state index >= 15 is 0 Å². The number of anilines is 1. The van der Waals surface area contributed by atoms with Crippen molar-refractivity contribution in [2.75, 3.05) is 32.1 Å². The maximum atomic E-state index is 13.1. The van der Waals surface area contributed by atoms with Crippen LogP contribution in [0.4, 0.5) is 5.69 Å². The van der Waals surface area contributed by atoms with Gasteiger partial charge in [-0.25, -0.2) is 0 Å². The van der Waals surface area contributed by atoms with E-state index < -0.39 is 0 Å². The highest BCUT2D eigenvalue weighted by Crippen LogP contribution is 2.29. The second kappa shape index (κ2) is 10.8. The van der Waals surface area contributed by atoms with E-state index in [0.29, 0.717) is 28.3 Å². The first-order valence-corrected chi connectivity index (χ1v) is 11.1. The van der Waals surface area contributed by atoms with Crippen molar-refractivity contribution < 1.29 is 23.9 Å². The average molecular weight is 454 g/mol. The zero-order valence-corrected chi connectivity index (χ0v) is 19.6. The van der Waals surface area contributed by atoms with Crippen molar-refractivity contribution in [3.63, 3.8) is 0 Å². The van der Waals surface area contributed by atoms with Crippen LogP contribution in [0.25, 0.3) is 0 Å². The van der Waals surface area contributed by atoms with Crippen LogP contribution in [0, 0.1) is 6.92 Å². The first-order valence-electron chi connectivity index (χ1n) is 11.1. The Kier molecular flexibility index (Phi) is 7.92. The molecule has 8 nitrogen and oxygen atoms in total. The van der Waals surface area contributed by atoms with Crippen LogP contribution in [0.5, 0.6) is 11.5 Å². The summed E-state index contributed by atoms with van der Waals surface area (Å²) in [7, 11) is 1.46. The van der Waals surface area contributed by atoms with Crippen LogP contribution in [-0.2, 0) is 4.79 Å². The molecular weight excluding hydrogens is 422 g/mol. The smallest absolute Gasteiger partial charge is 0.258 e. The van der Waals surface area contributed by atoms with E-state index in [2.05, 4.69) is 10.6 Å². The highest BCUT2D eigenvalue weighted by atomic mass is 16.5. The summed E-state index contributed by atoms with van der Waals surface area (Å²) in [5.41, 5.74) is 2.13. The van der Waals surface area contributed by atoms with Crippen molar-refractivity contribution in [2.45, 2.75) is 39.7 Å². The van der Waals surface area contributed by atoms with Gasteiger partial charge in [-0.3, -0.25) is 14.4 Å². The molecule has 0 spiro atoms. The van der Waals surface area contributed by atoms with Crippen molar-refractivity contribution >= 4 is 23.4 Å². The molecule has 0 aliphatic carbocycles. The minimum Gasteiger partial charge on any atom is -0.493 e. The Morgan fingerprint density at radius 3 is 2.45 bits per heavy atom. The fourth-order valence-electron chi connectivity index (χ4n) is 3.76. The molecule has 1 fully saturated rings.